The lowest BCUT2D eigenvalue weighted by atomic mass is 10.0. The molecule has 0 bridgehead atoms. The zero-order chi connectivity index (χ0) is 15.2. The molecule has 2 N–H and O–H groups in total. The summed E-state index contributed by atoms with van der Waals surface area (Å²) in [5, 5.41) is 1.07. The molecule has 1 atom stereocenters. The fourth-order valence-electron chi connectivity index (χ4n) is 2.13. The van der Waals surface area contributed by atoms with Crippen LogP contribution in [0.3, 0.4) is 0 Å². The van der Waals surface area contributed by atoms with Crippen LogP contribution >= 0.6 is 11.8 Å². The van der Waals surface area contributed by atoms with Crippen LogP contribution < -0.4 is 5.73 Å². The van der Waals surface area contributed by atoms with Gasteiger partial charge in [0.1, 0.15) is 5.03 Å². The summed E-state index contributed by atoms with van der Waals surface area (Å²) in [5.41, 5.74) is 8.69. The third-order valence-corrected chi connectivity index (χ3v) is 4.69. The lowest BCUT2D eigenvalue weighted by Crippen LogP contribution is -2.21. The maximum absolute atomic E-state index is 6.08. The van der Waals surface area contributed by atoms with E-state index in [0.29, 0.717) is 5.92 Å². The van der Waals surface area contributed by atoms with Crippen molar-refractivity contribution in [3.05, 3.63) is 53.7 Å². The summed E-state index contributed by atoms with van der Waals surface area (Å²) >= 11 is 1.72. The molecular formula is C18H24N2S. The molecule has 0 saturated carbocycles. The Morgan fingerprint density at radius 1 is 1.14 bits per heavy atom. The van der Waals surface area contributed by atoms with Crippen LogP contribution in [0.1, 0.15) is 44.2 Å². The molecule has 0 aliphatic heterocycles. The lowest BCUT2D eigenvalue weighted by molar-refractivity contribution is 0.637. The highest BCUT2D eigenvalue weighted by atomic mass is 32.2. The van der Waals surface area contributed by atoms with Gasteiger partial charge in [0.15, 0.2) is 0 Å². The van der Waals surface area contributed by atoms with E-state index in [1.165, 1.54) is 16.0 Å². The molecule has 1 heterocycles. The first-order chi connectivity index (χ1) is 10.1. The van der Waals surface area contributed by atoms with Crippen molar-refractivity contribution in [3.63, 3.8) is 0 Å². The summed E-state index contributed by atoms with van der Waals surface area (Å²) in [6, 6.07) is 13.1. The molecule has 2 aromatic rings. The zero-order valence-corrected chi connectivity index (χ0v) is 13.9. The molecule has 2 nitrogen and oxygen atoms in total. The maximum Gasteiger partial charge on any atom is 0.104 e. The first kappa shape index (κ1) is 16.1. The summed E-state index contributed by atoms with van der Waals surface area (Å²) < 4.78 is 0. The molecule has 0 radical (unpaired) electrons. The smallest absolute Gasteiger partial charge is 0.104 e. The Kier molecular flexibility index (Phi) is 5.83. The summed E-state index contributed by atoms with van der Waals surface area (Å²) in [4.78, 5) is 5.75. The second-order valence-corrected chi connectivity index (χ2v) is 6.73. The third-order valence-electron chi connectivity index (χ3n) is 3.62. The van der Waals surface area contributed by atoms with Crippen molar-refractivity contribution in [2.45, 2.75) is 55.5 Å². The van der Waals surface area contributed by atoms with Gasteiger partial charge in [0.25, 0.3) is 0 Å². The van der Waals surface area contributed by atoms with Gasteiger partial charge in [-0.15, -0.1) is 0 Å². The van der Waals surface area contributed by atoms with Gasteiger partial charge in [-0.1, -0.05) is 50.7 Å². The number of nitrogens with zero attached hydrogens (tertiary/aromatic N) is 1. The Morgan fingerprint density at radius 3 is 2.48 bits per heavy atom. The Morgan fingerprint density at radius 2 is 1.86 bits per heavy atom. The summed E-state index contributed by atoms with van der Waals surface area (Å²) in [6.45, 7) is 6.55. The second kappa shape index (κ2) is 7.62. The number of rotatable bonds is 6. The SMILES string of the molecule is CCC(N)Cc1cccnc1Sc1ccc(C(C)C)cc1. The van der Waals surface area contributed by atoms with Crippen molar-refractivity contribution < 1.29 is 0 Å². The predicted octanol–water partition coefficient (Wildman–Crippen LogP) is 4.64. The largest absolute Gasteiger partial charge is 0.327 e. The van der Waals surface area contributed by atoms with Gasteiger partial charge >= 0.3 is 0 Å². The standard InChI is InChI=1S/C18H24N2S/c1-4-16(19)12-15-6-5-11-20-18(15)21-17-9-7-14(8-10-17)13(2)3/h5-11,13,16H,4,12,19H2,1-3H3. The molecule has 1 unspecified atom stereocenters. The van der Waals surface area contributed by atoms with Crippen molar-refractivity contribution in [2.24, 2.45) is 5.73 Å². The predicted molar refractivity (Wildman–Crippen MR) is 90.9 cm³/mol. The van der Waals surface area contributed by atoms with Gasteiger partial charge in [0.05, 0.1) is 0 Å². The monoisotopic (exact) mass is 300 g/mol. The molecule has 0 amide bonds. The molecule has 2 rings (SSSR count). The highest BCUT2D eigenvalue weighted by Crippen LogP contribution is 2.30. The molecule has 0 aliphatic carbocycles. The summed E-state index contributed by atoms with van der Waals surface area (Å²) in [5.74, 6) is 0.567. The molecule has 0 aliphatic rings. The normalized spacial score (nSPS) is 12.6. The van der Waals surface area contributed by atoms with Crippen molar-refractivity contribution in [3.8, 4) is 0 Å². The number of nitrogens with two attached hydrogens (primary N) is 1. The van der Waals surface area contributed by atoms with Crippen molar-refractivity contribution in [2.75, 3.05) is 0 Å². The molecule has 21 heavy (non-hydrogen) atoms. The Bertz CT molecular complexity index is 564. The first-order valence-corrected chi connectivity index (χ1v) is 8.39. The van der Waals surface area contributed by atoms with Crippen LogP contribution in [-0.2, 0) is 6.42 Å². The number of pyridine rings is 1. The van der Waals surface area contributed by atoms with E-state index in [2.05, 4.69) is 56.1 Å². The number of hydrogen-bond acceptors (Lipinski definition) is 3. The van der Waals surface area contributed by atoms with E-state index < -0.39 is 0 Å². The highest BCUT2D eigenvalue weighted by molar-refractivity contribution is 7.99. The minimum absolute atomic E-state index is 0.205. The van der Waals surface area contributed by atoms with Gasteiger partial charge in [-0.2, -0.15) is 0 Å². The van der Waals surface area contributed by atoms with Gasteiger partial charge in [0.2, 0.25) is 0 Å². The second-order valence-electron chi connectivity index (χ2n) is 5.67. The Labute approximate surface area is 132 Å². The molecule has 0 saturated heterocycles. The number of aromatic nitrogens is 1. The highest BCUT2D eigenvalue weighted by Gasteiger charge is 2.09. The van der Waals surface area contributed by atoms with Crippen LogP contribution in [0, 0.1) is 0 Å². The van der Waals surface area contributed by atoms with Gasteiger partial charge in [-0.25, -0.2) is 4.98 Å². The molecule has 0 spiro atoms. The maximum atomic E-state index is 6.08. The van der Waals surface area contributed by atoms with Crippen molar-refractivity contribution in [1.29, 1.82) is 0 Å². The van der Waals surface area contributed by atoms with Crippen LogP contribution in [0.5, 0.6) is 0 Å². The van der Waals surface area contributed by atoms with E-state index in [1.54, 1.807) is 11.8 Å². The fraction of sp³-hybridized carbons (Fsp3) is 0.389. The van der Waals surface area contributed by atoms with E-state index in [-0.39, 0.29) is 6.04 Å². The van der Waals surface area contributed by atoms with E-state index >= 15 is 0 Å². The molecule has 112 valence electrons. The van der Waals surface area contributed by atoms with Crippen molar-refractivity contribution in [1.82, 2.24) is 4.98 Å². The average Bonchev–Trinajstić information content (AvgIpc) is 2.49. The molecule has 0 fully saturated rings. The molecule has 1 aromatic carbocycles. The van der Waals surface area contributed by atoms with Crippen molar-refractivity contribution >= 4 is 11.8 Å². The van der Waals surface area contributed by atoms with Crippen LogP contribution in [0.4, 0.5) is 0 Å². The van der Waals surface area contributed by atoms with Gasteiger partial charge in [-0.3, -0.25) is 0 Å². The number of hydrogen-bond donors (Lipinski definition) is 1. The summed E-state index contributed by atoms with van der Waals surface area (Å²) in [6.07, 6.45) is 3.73. The fourth-order valence-corrected chi connectivity index (χ4v) is 3.02. The summed E-state index contributed by atoms with van der Waals surface area (Å²) in [7, 11) is 0. The van der Waals surface area contributed by atoms with Gasteiger partial charge in [-0.05, 0) is 48.1 Å². The van der Waals surface area contributed by atoms with Gasteiger partial charge in [0, 0.05) is 17.1 Å². The zero-order valence-electron chi connectivity index (χ0n) is 13.0. The third kappa shape index (κ3) is 4.58. The Hall–Kier alpha value is -1.32. The molecular weight excluding hydrogens is 276 g/mol. The first-order valence-electron chi connectivity index (χ1n) is 7.57. The average molecular weight is 300 g/mol. The quantitative estimate of drug-likeness (QED) is 0.845. The Balaban J connectivity index is 2.15. The van der Waals surface area contributed by atoms with Gasteiger partial charge < -0.3 is 5.73 Å². The molecule has 1 aromatic heterocycles. The van der Waals surface area contributed by atoms with E-state index in [4.69, 9.17) is 5.73 Å². The molecule has 3 heteroatoms. The minimum Gasteiger partial charge on any atom is -0.327 e. The number of benzene rings is 1. The van der Waals surface area contributed by atoms with E-state index in [0.717, 1.165) is 17.9 Å². The van der Waals surface area contributed by atoms with E-state index in [9.17, 15) is 0 Å². The van der Waals surface area contributed by atoms with Crippen LogP contribution in [0.25, 0.3) is 0 Å². The van der Waals surface area contributed by atoms with Crippen LogP contribution in [0.2, 0.25) is 0 Å². The van der Waals surface area contributed by atoms with Crippen LogP contribution in [0.15, 0.2) is 52.5 Å². The van der Waals surface area contributed by atoms with E-state index in [1.807, 2.05) is 12.3 Å². The lowest BCUT2D eigenvalue weighted by Gasteiger charge is -2.12. The van der Waals surface area contributed by atoms with Crippen LogP contribution in [-0.4, -0.2) is 11.0 Å². The topological polar surface area (TPSA) is 38.9 Å². The minimum atomic E-state index is 0.205.